The molecule has 0 aromatic heterocycles. The number of hydrogen-bond donors (Lipinski definition) is 1. The van der Waals surface area contributed by atoms with Gasteiger partial charge in [-0.05, 0) is 44.4 Å². The Kier molecular flexibility index (Phi) is 7.12. The molecule has 1 aromatic rings. The quantitative estimate of drug-likeness (QED) is 0.386. The number of nitrogens with two attached hydrogens (primary N) is 1. The zero-order valence-electron chi connectivity index (χ0n) is 19.7. The first-order valence-electron chi connectivity index (χ1n) is 11.8. The Balaban J connectivity index is 2.04. The van der Waals surface area contributed by atoms with Crippen molar-refractivity contribution in [1.82, 2.24) is 0 Å². The molecule has 0 saturated heterocycles. The van der Waals surface area contributed by atoms with Crippen LogP contribution >= 0.6 is 0 Å². The topological polar surface area (TPSA) is 108 Å². The fourth-order valence-electron chi connectivity index (χ4n) is 5.03. The lowest BCUT2D eigenvalue weighted by atomic mass is 9.93. The summed E-state index contributed by atoms with van der Waals surface area (Å²) in [4.78, 5) is 6.77. The van der Waals surface area contributed by atoms with Gasteiger partial charge >= 0.3 is 0 Å². The minimum atomic E-state index is -1.56. The van der Waals surface area contributed by atoms with E-state index in [9.17, 15) is 10.5 Å². The second-order valence-corrected chi connectivity index (χ2v) is 8.52. The van der Waals surface area contributed by atoms with Gasteiger partial charge in [0.1, 0.15) is 11.3 Å². The summed E-state index contributed by atoms with van der Waals surface area (Å²) in [6.07, 6.45) is 3.48. The molecule has 7 heteroatoms. The van der Waals surface area contributed by atoms with Gasteiger partial charge in [-0.3, -0.25) is 0 Å². The molecule has 3 rings (SSSR count). The standard InChI is InChI=1S/C25H35N5O2/c1-5-9-15-31-25(32-16-10-6-2)24(18-27)21(23(24,17-26)22(28)29-25)19-11-13-20(14-12-19)30(7-3)8-4/h11-14,21H,5-10,15-16H2,1-4H3,(H2,28,29). The van der Waals surface area contributed by atoms with Crippen LogP contribution in [0, 0.1) is 33.5 Å². The summed E-state index contributed by atoms with van der Waals surface area (Å²) in [7, 11) is 0. The van der Waals surface area contributed by atoms with E-state index < -0.39 is 22.7 Å². The van der Waals surface area contributed by atoms with Crippen LogP contribution in [-0.4, -0.2) is 38.0 Å². The maximum absolute atomic E-state index is 10.5. The van der Waals surface area contributed by atoms with Crippen LogP contribution in [0.15, 0.2) is 29.3 Å². The van der Waals surface area contributed by atoms with Crippen LogP contribution in [0.4, 0.5) is 5.69 Å². The Morgan fingerprint density at radius 3 is 1.97 bits per heavy atom. The van der Waals surface area contributed by atoms with Crippen LogP contribution in [-0.2, 0) is 9.47 Å². The molecule has 0 amide bonds. The van der Waals surface area contributed by atoms with Gasteiger partial charge in [0, 0.05) is 24.7 Å². The minimum Gasteiger partial charge on any atom is -0.386 e. The molecule has 3 atom stereocenters. The summed E-state index contributed by atoms with van der Waals surface area (Å²) in [5, 5.41) is 20.8. The van der Waals surface area contributed by atoms with Crippen LogP contribution in [0.5, 0.6) is 0 Å². The van der Waals surface area contributed by atoms with Crippen molar-refractivity contribution in [2.24, 2.45) is 21.6 Å². The zero-order chi connectivity index (χ0) is 23.4. The van der Waals surface area contributed by atoms with Gasteiger partial charge in [-0.1, -0.05) is 38.8 Å². The largest absolute Gasteiger partial charge is 0.386 e. The third kappa shape index (κ3) is 3.27. The predicted octanol–water partition coefficient (Wildman–Crippen LogP) is 4.31. The highest BCUT2D eigenvalue weighted by molar-refractivity contribution is 6.00. The third-order valence-electron chi connectivity index (χ3n) is 6.87. The molecule has 1 aliphatic heterocycles. The van der Waals surface area contributed by atoms with Crippen LogP contribution in [0.25, 0.3) is 0 Å². The summed E-state index contributed by atoms with van der Waals surface area (Å²) >= 11 is 0. The van der Waals surface area contributed by atoms with Crippen LogP contribution < -0.4 is 10.6 Å². The number of amidine groups is 1. The van der Waals surface area contributed by atoms with E-state index in [1.165, 1.54) is 0 Å². The summed E-state index contributed by atoms with van der Waals surface area (Å²) in [5.41, 5.74) is 5.79. The number of hydrogen-bond acceptors (Lipinski definition) is 7. The number of ether oxygens (including phenoxy) is 2. The number of benzene rings is 1. The molecule has 1 fully saturated rings. The average molecular weight is 438 g/mol. The van der Waals surface area contributed by atoms with E-state index in [1.807, 2.05) is 24.3 Å². The first kappa shape index (κ1) is 24.0. The molecule has 3 unspecified atom stereocenters. The fourth-order valence-corrected chi connectivity index (χ4v) is 5.03. The van der Waals surface area contributed by atoms with Crippen LogP contribution in [0.1, 0.15) is 64.9 Å². The normalized spacial score (nSPS) is 27.2. The summed E-state index contributed by atoms with van der Waals surface area (Å²) in [5.74, 6) is -1.89. The van der Waals surface area contributed by atoms with Gasteiger partial charge in [-0.25, -0.2) is 4.99 Å². The van der Waals surface area contributed by atoms with Gasteiger partial charge in [0.25, 0.3) is 5.91 Å². The van der Waals surface area contributed by atoms with Gasteiger partial charge in [0.15, 0.2) is 5.41 Å². The minimum absolute atomic E-state index is 0.132. The summed E-state index contributed by atoms with van der Waals surface area (Å²) in [6, 6.07) is 12.8. The van der Waals surface area contributed by atoms with E-state index in [0.717, 1.165) is 50.0 Å². The van der Waals surface area contributed by atoms with Crippen molar-refractivity contribution in [3.8, 4) is 12.1 Å². The second kappa shape index (κ2) is 9.48. The number of rotatable bonds is 12. The van der Waals surface area contributed by atoms with Crippen molar-refractivity contribution in [2.45, 2.75) is 65.2 Å². The van der Waals surface area contributed by atoms with Gasteiger partial charge in [-0.2, -0.15) is 10.5 Å². The van der Waals surface area contributed by atoms with Gasteiger partial charge in [0.2, 0.25) is 0 Å². The second-order valence-electron chi connectivity index (χ2n) is 8.52. The molecule has 7 nitrogen and oxygen atoms in total. The molecule has 0 bridgehead atoms. The molecular weight excluding hydrogens is 402 g/mol. The van der Waals surface area contributed by atoms with Crippen molar-refractivity contribution in [3.63, 3.8) is 0 Å². The van der Waals surface area contributed by atoms with E-state index in [0.29, 0.717) is 13.2 Å². The first-order valence-corrected chi connectivity index (χ1v) is 11.8. The maximum atomic E-state index is 10.5. The highest BCUT2D eigenvalue weighted by atomic mass is 16.7. The zero-order valence-corrected chi connectivity index (χ0v) is 19.7. The number of anilines is 1. The van der Waals surface area contributed by atoms with Crippen molar-refractivity contribution < 1.29 is 9.47 Å². The average Bonchev–Trinajstić information content (AvgIpc) is 3.39. The van der Waals surface area contributed by atoms with Crippen molar-refractivity contribution >= 4 is 11.5 Å². The highest BCUT2D eigenvalue weighted by Gasteiger charge is 2.93. The van der Waals surface area contributed by atoms with E-state index in [4.69, 9.17) is 15.2 Å². The van der Waals surface area contributed by atoms with Crippen molar-refractivity contribution in [1.29, 1.82) is 10.5 Å². The molecule has 1 heterocycles. The number of nitriles is 2. The van der Waals surface area contributed by atoms with E-state index in [1.54, 1.807) is 0 Å². The molecule has 1 aliphatic carbocycles. The Morgan fingerprint density at radius 1 is 0.969 bits per heavy atom. The number of nitrogens with zero attached hydrogens (tertiary/aromatic N) is 4. The molecule has 32 heavy (non-hydrogen) atoms. The number of unbranched alkanes of at least 4 members (excludes halogenated alkanes) is 2. The molecule has 1 aromatic carbocycles. The van der Waals surface area contributed by atoms with Crippen molar-refractivity contribution in [3.05, 3.63) is 29.8 Å². The molecular formula is C25H35N5O2. The SMILES string of the molecule is CCCCOC1(OCCCC)N=C(N)C2(C#N)C(c3ccc(N(CC)CC)cc3)C12C#N. The molecule has 2 N–H and O–H groups in total. The predicted molar refractivity (Wildman–Crippen MR) is 125 cm³/mol. The van der Waals surface area contributed by atoms with Crippen LogP contribution in [0.3, 0.4) is 0 Å². The Labute approximate surface area is 191 Å². The van der Waals surface area contributed by atoms with Crippen LogP contribution in [0.2, 0.25) is 0 Å². The Bertz CT molecular complexity index is 902. The molecule has 172 valence electrons. The van der Waals surface area contributed by atoms with E-state index in [-0.39, 0.29) is 5.84 Å². The molecule has 0 radical (unpaired) electrons. The lowest BCUT2D eigenvalue weighted by Gasteiger charge is -2.32. The van der Waals surface area contributed by atoms with E-state index in [2.05, 4.69) is 49.7 Å². The lowest BCUT2D eigenvalue weighted by molar-refractivity contribution is -0.260. The Hall–Kier alpha value is -2.61. The molecule has 2 aliphatic rings. The van der Waals surface area contributed by atoms with E-state index >= 15 is 0 Å². The lowest BCUT2D eigenvalue weighted by Crippen LogP contribution is -2.44. The summed E-state index contributed by atoms with van der Waals surface area (Å²) in [6.45, 7) is 11.0. The van der Waals surface area contributed by atoms with Gasteiger partial charge in [-0.15, -0.1) is 0 Å². The molecule has 0 spiro atoms. The fraction of sp³-hybridized carbons (Fsp3) is 0.640. The number of aliphatic imine (C=N–C) groups is 1. The number of fused-ring (bicyclic) bond motifs is 1. The smallest absolute Gasteiger partial charge is 0.293 e. The monoisotopic (exact) mass is 437 g/mol. The third-order valence-corrected chi connectivity index (χ3v) is 6.87. The highest BCUT2D eigenvalue weighted by Crippen LogP contribution is 2.82. The van der Waals surface area contributed by atoms with Gasteiger partial charge < -0.3 is 20.1 Å². The van der Waals surface area contributed by atoms with Crippen molar-refractivity contribution in [2.75, 3.05) is 31.2 Å². The summed E-state index contributed by atoms with van der Waals surface area (Å²) < 4.78 is 12.4. The molecule has 1 saturated carbocycles. The Morgan fingerprint density at radius 2 is 1.53 bits per heavy atom. The maximum Gasteiger partial charge on any atom is 0.293 e. The first-order chi connectivity index (χ1) is 15.5. The van der Waals surface area contributed by atoms with Gasteiger partial charge in [0.05, 0.1) is 25.4 Å².